The lowest BCUT2D eigenvalue weighted by atomic mass is 10.0. The SMILES string of the molecule is Cn1ccnc1C(=O)c1ccc(NC(=O)C2CC(c3ccccc3)NN2)cc1. The Hall–Kier alpha value is -3.29. The number of rotatable bonds is 5. The number of anilines is 1. The molecule has 3 aromatic rings. The molecular weight excluding hydrogens is 354 g/mol. The lowest BCUT2D eigenvalue weighted by Crippen LogP contribution is -2.39. The molecule has 7 heteroatoms. The highest BCUT2D eigenvalue weighted by Crippen LogP contribution is 2.22. The van der Waals surface area contributed by atoms with E-state index < -0.39 is 0 Å². The number of imidazole rings is 1. The summed E-state index contributed by atoms with van der Waals surface area (Å²) >= 11 is 0. The van der Waals surface area contributed by atoms with E-state index >= 15 is 0 Å². The van der Waals surface area contributed by atoms with Gasteiger partial charge in [0.1, 0.15) is 6.04 Å². The number of carbonyl (C=O) groups excluding carboxylic acids is 2. The molecule has 2 aromatic carbocycles. The van der Waals surface area contributed by atoms with Gasteiger partial charge in [-0.3, -0.25) is 9.59 Å². The monoisotopic (exact) mass is 375 g/mol. The summed E-state index contributed by atoms with van der Waals surface area (Å²) in [6.45, 7) is 0. The van der Waals surface area contributed by atoms with Crippen molar-refractivity contribution in [2.75, 3.05) is 5.32 Å². The van der Waals surface area contributed by atoms with Gasteiger partial charge in [-0.25, -0.2) is 15.8 Å². The number of benzene rings is 2. The molecule has 2 heterocycles. The second-order valence-electron chi connectivity index (χ2n) is 6.80. The summed E-state index contributed by atoms with van der Waals surface area (Å²) in [5.74, 6) is 0.108. The minimum Gasteiger partial charge on any atom is -0.331 e. The highest BCUT2D eigenvalue weighted by Gasteiger charge is 2.30. The van der Waals surface area contributed by atoms with E-state index in [0.29, 0.717) is 23.5 Å². The highest BCUT2D eigenvalue weighted by molar-refractivity contribution is 6.07. The second kappa shape index (κ2) is 7.75. The smallest absolute Gasteiger partial charge is 0.242 e. The molecule has 2 atom stereocenters. The first-order chi connectivity index (χ1) is 13.6. The highest BCUT2D eigenvalue weighted by atomic mass is 16.2. The minimum absolute atomic E-state index is 0.0923. The molecule has 0 aliphatic carbocycles. The largest absolute Gasteiger partial charge is 0.331 e. The van der Waals surface area contributed by atoms with Crippen LogP contribution in [0.3, 0.4) is 0 Å². The quantitative estimate of drug-likeness (QED) is 0.595. The molecule has 1 aliphatic rings. The summed E-state index contributed by atoms with van der Waals surface area (Å²) in [5.41, 5.74) is 8.53. The maximum absolute atomic E-state index is 12.5. The topological polar surface area (TPSA) is 88.0 Å². The fourth-order valence-corrected chi connectivity index (χ4v) is 3.28. The van der Waals surface area contributed by atoms with Crippen molar-refractivity contribution in [3.8, 4) is 0 Å². The first-order valence-corrected chi connectivity index (χ1v) is 9.11. The predicted molar refractivity (Wildman–Crippen MR) is 106 cm³/mol. The van der Waals surface area contributed by atoms with Gasteiger partial charge in [-0.15, -0.1) is 0 Å². The molecule has 1 aromatic heterocycles. The molecule has 0 bridgehead atoms. The van der Waals surface area contributed by atoms with Gasteiger partial charge in [0.15, 0.2) is 5.82 Å². The number of amides is 1. The van der Waals surface area contributed by atoms with Gasteiger partial charge in [0.25, 0.3) is 0 Å². The van der Waals surface area contributed by atoms with Crippen molar-refractivity contribution < 1.29 is 9.59 Å². The van der Waals surface area contributed by atoms with E-state index in [2.05, 4.69) is 21.2 Å². The molecule has 0 spiro atoms. The first kappa shape index (κ1) is 18.1. The van der Waals surface area contributed by atoms with Crippen LogP contribution in [-0.2, 0) is 11.8 Å². The van der Waals surface area contributed by atoms with Gasteiger partial charge in [-0.1, -0.05) is 30.3 Å². The van der Waals surface area contributed by atoms with E-state index in [1.54, 1.807) is 48.3 Å². The van der Waals surface area contributed by atoms with Gasteiger partial charge < -0.3 is 9.88 Å². The number of nitrogens with zero attached hydrogens (tertiary/aromatic N) is 2. The third kappa shape index (κ3) is 3.71. The van der Waals surface area contributed by atoms with Gasteiger partial charge in [0, 0.05) is 36.7 Å². The maximum Gasteiger partial charge on any atom is 0.242 e. The molecule has 1 fully saturated rings. The van der Waals surface area contributed by atoms with E-state index in [0.717, 1.165) is 5.56 Å². The third-order valence-electron chi connectivity index (χ3n) is 4.86. The second-order valence-corrected chi connectivity index (χ2v) is 6.80. The van der Waals surface area contributed by atoms with Crippen LogP contribution in [0.2, 0.25) is 0 Å². The Morgan fingerprint density at radius 2 is 1.82 bits per heavy atom. The number of aromatic nitrogens is 2. The van der Waals surface area contributed by atoms with Gasteiger partial charge >= 0.3 is 0 Å². The third-order valence-corrected chi connectivity index (χ3v) is 4.86. The number of ketones is 1. The molecular formula is C21H21N5O2. The Balaban J connectivity index is 1.37. The number of carbonyl (C=O) groups is 2. The standard InChI is InChI=1S/C21H21N5O2/c1-26-12-11-22-20(26)19(27)15-7-9-16(10-8-15)23-21(28)18-13-17(24-25-18)14-5-3-2-4-6-14/h2-12,17-18,24-25H,13H2,1H3,(H,23,28). The van der Waals surface area contributed by atoms with Crippen LogP contribution in [0.25, 0.3) is 0 Å². The van der Waals surface area contributed by atoms with Crippen molar-refractivity contribution in [1.82, 2.24) is 20.4 Å². The van der Waals surface area contributed by atoms with Gasteiger partial charge in [-0.05, 0) is 36.2 Å². The fraction of sp³-hybridized carbons (Fsp3) is 0.190. The summed E-state index contributed by atoms with van der Waals surface area (Å²) in [4.78, 5) is 29.1. The van der Waals surface area contributed by atoms with Gasteiger partial charge in [0.05, 0.1) is 0 Å². The van der Waals surface area contributed by atoms with E-state index in [1.807, 2.05) is 30.3 Å². The predicted octanol–water partition coefficient (Wildman–Crippen LogP) is 2.20. The first-order valence-electron chi connectivity index (χ1n) is 9.11. The van der Waals surface area contributed by atoms with Crippen LogP contribution >= 0.6 is 0 Å². The van der Waals surface area contributed by atoms with Gasteiger partial charge in [0.2, 0.25) is 11.7 Å². The number of hydrazine groups is 1. The molecule has 142 valence electrons. The Morgan fingerprint density at radius 3 is 2.50 bits per heavy atom. The van der Waals surface area contributed by atoms with Crippen molar-refractivity contribution in [3.63, 3.8) is 0 Å². The maximum atomic E-state index is 12.5. The average Bonchev–Trinajstić information content (AvgIpc) is 3.38. The van der Waals surface area contributed by atoms with E-state index in [9.17, 15) is 9.59 Å². The van der Waals surface area contributed by atoms with Crippen molar-refractivity contribution in [3.05, 3.63) is 83.9 Å². The van der Waals surface area contributed by atoms with Crippen LogP contribution in [0.4, 0.5) is 5.69 Å². The molecule has 1 aliphatic heterocycles. The molecule has 0 saturated carbocycles. The Morgan fingerprint density at radius 1 is 1.07 bits per heavy atom. The number of hydrogen-bond acceptors (Lipinski definition) is 5. The zero-order chi connectivity index (χ0) is 19.5. The van der Waals surface area contributed by atoms with E-state index in [4.69, 9.17) is 0 Å². The van der Waals surface area contributed by atoms with Gasteiger partial charge in [-0.2, -0.15) is 0 Å². The normalized spacial score (nSPS) is 18.8. The van der Waals surface area contributed by atoms with E-state index in [-0.39, 0.29) is 23.8 Å². The van der Waals surface area contributed by atoms with Crippen LogP contribution in [0.1, 0.15) is 34.2 Å². The van der Waals surface area contributed by atoms with Crippen molar-refractivity contribution >= 4 is 17.4 Å². The van der Waals surface area contributed by atoms with Crippen LogP contribution in [-0.4, -0.2) is 27.3 Å². The molecule has 1 amide bonds. The molecule has 28 heavy (non-hydrogen) atoms. The summed E-state index contributed by atoms with van der Waals surface area (Å²) in [5, 5.41) is 2.89. The van der Waals surface area contributed by atoms with Crippen LogP contribution in [0, 0.1) is 0 Å². The number of nitrogens with one attached hydrogen (secondary N) is 3. The Labute approximate surface area is 162 Å². The summed E-state index contributed by atoms with van der Waals surface area (Å²) < 4.78 is 1.68. The van der Waals surface area contributed by atoms with Crippen molar-refractivity contribution in [2.24, 2.45) is 7.05 Å². The average molecular weight is 375 g/mol. The Kier molecular flexibility index (Phi) is 5.01. The number of aryl methyl sites for hydroxylation is 1. The molecule has 1 saturated heterocycles. The lowest BCUT2D eigenvalue weighted by Gasteiger charge is -2.11. The summed E-state index contributed by atoms with van der Waals surface area (Å²) in [7, 11) is 1.78. The zero-order valence-corrected chi connectivity index (χ0v) is 15.4. The van der Waals surface area contributed by atoms with Crippen LogP contribution in [0.5, 0.6) is 0 Å². The van der Waals surface area contributed by atoms with Crippen molar-refractivity contribution in [1.29, 1.82) is 0 Å². The molecule has 2 unspecified atom stereocenters. The number of hydrogen-bond donors (Lipinski definition) is 3. The fourth-order valence-electron chi connectivity index (χ4n) is 3.28. The van der Waals surface area contributed by atoms with E-state index in [1.165, 1.54) is 0 Å². The zero-order valence-electron chi connectivity index (χ0n) is 15.4. The molecule has 4 rings (SSSR count). The lowest BCUT2D eigenvalue weighted by molar-refractivity contribution is -0.117. The Bertz CT molecular complexity index is 982. The van der Waals surface area contributed by atoms with Crippen LogP contribution in [0.15, 0.2) is 67.0 Å². The van der Waals surface area contributed by atoms with Crippen LogP contribution < -0.4 is 16.2 Å². The molecule has 0 radical (unpaired) electrons. The summed E-state index contributed by atoms with van der Waals surface area (Å²) in [6.07, 6.45) is 3.98. The minimum atomic E-state index is -0.334. The molecule has 3 N–H and O–H groups in total. The molecule has 7 nitrogen and oxygen atoms in total. The summed E-state index contributed by atoms with van der Waals surface area (Å²) in [6, 6.07) is 16.6. The van der Waals surface area contributed by atoms with Crippen molar-refractivity contribution in [2.45, 2.75) is 18.5 Å².